The van der Waals surface area contributed by atoms with Crippen LogP contribution in [0.5, 0.6) is 0 Å². The van der Waals surface area contributed by atoms with Crippen LogP contribution in [0.2, 0.25) is 0 Å². The zero-order valence-electron chi connectivity index (χ0n) is 10.8. The van der Waals surface area contributed by atoms with E-state index in [0.29, 0.717) is 23.3 Å². The number of carboxylic acids is 1. The maximum atomic E-state index is 11.1. The van der Waals surface area contributed by atoms with Crippen molar-refractivity contribution in [3.63, 3.8) is 0 Å². The Morgan fingerprint density at radius 1 is 1.41 bits per heavy atom. The van der Waals surface area contributed by atoms with E-state index >= 15 is 0 Å². The van der Waals surface area contributed by atoms with E-state index in [1.807, 2.05) is 6.08 Å². The van der Waals surface area contributed by atoms with Gasteiger partial charge in [0.1, 0.15) is 0 Å². The van der Waals surface area contributed by atoms with Crippen molar-refractivity contribution in [1.82, 2.24) is 0 Å². The number of allylic oxidation sites excluding steroid dienone is 2. The SMILES string of the molecule is C=C(C)[C@@H]1CC[C@@H](C)[C@@H]2CCC(C(=O)O)=C[C@H]21. The Balaban J connectivity index is 2.28. The number of carbonyl (C=O) groups is 1. The molecule has 0 amide bonds. The standard InChI is InChI=1S/C15H22O2/c1-9(2)12-6-4-10(3)13-7-5-11(15(16)17)8-14(12)13/h8,10,12-14H,1,4-7H2,2-3H3,(H,16,17)/t10-,12+,13+,14+/m1/s1. The molecule has 0 aromatic heterocycles. The Bertz CT molecular complexity index is 367. The van der Waals surface area contributed by atoms with E-state index in [9.17, 15) is 4.79 Å². The van der Waals surface area contributed by atoms with Crippen LogP contribution in [-0.2, 0) is 4.79 Å². The fourth-order valence-electron chi connectivity index (χ4n) is 3.63. The van der Waals surface area contributed by atoms with Crippen molar-refractivity contribution in [2.45, 2.75) is 39.5 Å². The first kappa shape index (κ1) is 12.4. The van der Waals surface area contributed by atoms with Crippen LogP contribution in [-0.4, -0.2) is 11.1 Å². The predicted molar refractivity (Wildman–Crippen MR) is 68.6 cm³/mol. The van der Waals surface area contributed by atoms with Crippen molar-refractivity contribution in [2.75, 3.05) is 0 Å². The monoisotopic (exact) mass is 234 g/mol. The smallest absolute Gasteiger partial charge is 0.331 e. The molecule has 0 saturated heterocycles. The van der Waals surface area contributed by atoms with Gasteiger partial charge in [-0.1, -0.05) is 25.2 Å². The first-order valence-electron chi connectivity index (χ1n) is 6.60. The van der Waals surface area contributed by atoms with Crippen LogP contribution in [0.25, 0.3) is 0 Å². The van der Waals surface area contributed by atoms with E-state index in [1.54, 1.807) is 0 Å². The van der Waals surface area contributed by atoms with Gasteiger partial charge in [-0.15, -0.1) is 0 Å². The molecule has 0 radical (unpaired) electrons. The van der Waals surface area contributed by atoms with Gasteiger partial charge in [-0.05, 0) is 56.3 Å². The van der Waals surface area contributed by atoms with Gasteiger partial charge in [0.25, 0.3) is 0 Å². The molecule has 1 fully saturated rings. The largest absolute Gasteiger partial charge is 0.478 e. The van der Waals surface area contributed by atoms with E-state index in [1.165, 1.54) is 18.4 Å². The van der Waals surface area contributed by atoms with Crippen LogP contribution in [0.3, 0.4) is 0 Å². The van der Waals surface area contributed by atoms with Gasteiger partial charge >= 0.3 is 5.97 Å². The number of rotatable bonds is 2. The molecule has 2 heteroatoms. The third kappa shape index (κ3) is 2.31. The molecule has 2 aliphatic carbocycles. The summed E-state index contributed by atoms with van der Waals surface area (Å²) >= 11 is 0. The fraction of sp³-hybridized carbons (Fsp3) is 0.667. The molecule has 0 unspecified atom stereocenters. The van der Waals surface area contributed by atoms with Gasteiger partial charge in [-0.2, -0.15) is 0 Å². The molecule has 17 heavy (non-hydrogen) atoms. The second kappa shape index (κ2) is 4.67. The summed E-state index contributed by atoms with van der Waals surface area (Å²) in [6.45, 7) is 8.48. The van der Waals surface area contributed by atoms with Crippen molar-refractivity contribution < 1.29 is 9.90 Å². The molecule has 2 aliphatic rings. The molecule has 0 heterocycles. The molecule has 1 N–H and O–H groups in total. The Labute approximate surface area is 103 Å². The molecular formula is C15H22O2. The zero-order valence-corrected chi connectivity index (χ0v) is 10.8. The van der Waals surface area contributed by atoms with Gasteiger partial charge in [-0.3, -0.25) is 0 Å². The van der Waals surface area contributed by atoms with Crippen LogP contribution >= 0.6 is 0 Å². The summed E-state index contributed by atoms with van der Waals surface area (Å²) in [6, 6.07) is 0. The number of carboxylic acid groups (broad SMARTS) is 1. The summed E-state index contributed by atoms with van der Waals surface area (Å²) in [4.78, 5) is 11.1. The van der Waals surface area contributed by atoms with Crippen molar-refractivity contribution in [3.05, 3.63) is 23.8 Å². The number of hydrogen-bond acceptors (Lipinski definition) is 1. The minimum atomic E-state index is -0.734. The van der Waals surface area contributed by atoms with Gasteiger partial charge in [0.15, 0.2) is 0 Å². The van der Waals surface area contributed by atoms with Gasteiger partial charge in [0.2, 0.25) is 0 Å². The normalized spacial score (nSPS) is 36.9. The average molecular weight is 234 g/mol. The summed E-state index contributed by atoms with van der Waals surface area (Å²) in [5.41, 5.74) is 1.83. The second-order valence-corrected chi connectivity index (χ2v) is 5.78. The molecule has 1 saturated carbocycles. The third-order valence-electron chi connectivity index (χ3n) is 4.67. The van der Waals surface area contributed by atoms with E-state index < -0.39 is 5.97 Å². The lowest BCUT2D eigenvalue weighted by Gasteiger charge is -2.43. The Morgan fingerprint density at radius 3 is 2.71 bits per heavy atom. The van der Waals surface area contributed by atoms with Crippen molar-refractivity contribution >= 4 is 5.97 Å². The molecule has 0 aromatic carbocycles. The van der Waals surface area contributed by atoms with E-state index in [0.717, 1.165) is 18.8 Å². The molecule has 0 spiro atoms. The quantitative estimate of drug-likeness (QED) is 0.740. The molecule has 2 rings (SSSR count). The summed E-state index contributed by atoms with van der Waals surface area (Å²) in [7, 11) is 0. The molecule has 0 bridgehead atoms. The lowest BCUT2D eigenvalue weighted by molar-refractivity contribution is -0.133. The first-order chi connectivity index (χ1) is 8.00. The predicted octanol–water partition coefficient (Wildman–Crippen LogP) is 3.65. The average Bonchev–Trinajstić information content (AvgIpc) is 2.28. The van der Waals surface area contributed by atoms with Gasteiger partial charge < -0.3 is 5.11 Å². The maximum Gasteiger partial charge on any atom is 0.331 e. The summed E-state index contributed by atoms with van der Waals surface area (Å²) in [5, 5.41) is 9.13. The van der Waals surface area contributed by atoms with Gasteiger partial charge in [-0.25, -0.2) is 4.79 Å². The van der Waals surface area contributed by atoms with E-state index in [4.69, 9.17) is 5.11 Å². The van der Waals surface area contributed by atoms with Gasteiger partial charge in [0.05, 0.1) is 0 Å². The van der Waals surface area contributed by atoms with Crippen LogP contribution in [0.4, 0.5) is 0 Å². The minimum absolute atomic E-state index is 0.413. The number of aliphatic carboxylic acids is 1. The van der Waals surface area contributed by atoms with E-state index in [-0.39, 0.29) is 0 Å². The molecule has 0 aromatic rings. The van der Waals surface area contributed by atoms with Crippen molar-refractivity contribution in [3.8, 4) is 0 Å². The highest BCUT2D eigenvalue weighted by atomic mass is 16.4. The highest BCUT2D eigenvalue weighted by Gasteiger charge is 2.39. The van der Waals surface area contributed by atoms with Crippen molar-refractivity contribution in [2.24, 2.45) is 23.7 Å². The van der Waals surface area contributed by atoms with Crippen LogP contribution < -0.4 is 0 Å². The lowest BCUT2D eigenvalue weighted by Crippen LogP contribution is -2.35. The molecule has 0 aliphatic heterocycles. The minimum Gasteiger partial charge on any atom is -0.478 e. The van der Waals surface area contributed by atoms with Crippen LogP contribution in [0.15, 0.2) is 23.8 Å². The maximum absolute atomic E-state index is 11.1. The second-order valence-electron chi connectivity index (χ2n) is 5.78. The summed E-state index contributed by atoms with van der Waals surface area (Å²) in [6.07, 6.45) is 6.24. The third-order valence-corrected chi connectivity index (χ3v) is 4.67. The molecule has 2 nitrogen and oxygen atoms in total. The lowest BCUT2D eigenvalue weighted by atomic mass is 9.61. The topological polar surface area (TPSA) is 37.3 Å². The van der Waals surface area contributed by atoms with Gasteiger partial charge in [0, 0.05) is 5.57 Å². The fourth-order valence-corrected chi connectivity index (χ4v) is 3.63. The molecular weight excluding hydrogens is 212 g/mol. The Hall–Kier alpha value is -1.05. The van der Waals surface area contributed by atoms with Crippen LogP contribution in [0.1, 0.15) is 39.5 Å². The molecule has 94 valence electrons. The Morgan fingerprint density at radius 2 is 2.12 bits per heavy atom. The summed E-state index contributed by atoms with van der Waals surface area (Å²) < 4.78 is 0. The highest BCUT2D eigenvalue weighted by molar-refractivity contribution is 5.86. The number of fused-ring (bicyclic) bond motifs is 1. The first-order valence-corrected chi connectivity index (χ1v) is 6.60. The Kier molecular flexibility index (Phi) is 3.41. The van der Waals surface area contributed by atoms with E-state index in [2.05, 4.69) is 20.4 Å². The summed E-state index contributed by atoms with van der Waals surface area (Å²) in [5.74, 6) is 1.56. The molecule has 4 atom stereocenters. The number of hydrogen-bond donors (Lipinski definition) is 1. The highest BCUT2D eigenvalue weighted by Crippen LogP contribution is 2.47. The van der Waals surface area contributed by atoms with Crippen LogP contribution in [0, 0.1) is 23.7 Å². The zero-order chi connectivity index (χ0) is 12.6. The van der Waals surface area contributed by atoms with Crippen molar-refractivity contribution in [1.29, 1.82) is 0 Å².